The van der Waals surface area contributed by atoms with Crippen LogP contribution in [0, 0.1) is 5.82 Å². The molecule has 0 saturated carbocycles. The van der Waals surface area contributed by atoms with Crippen molar-refractivity contribution in [2.45, 2.75) is 12.2 Å². The van der Waals surface area contributed by atoms with Crippen molar-refractivity contribution in [3.63, 3.8) is 0 Å². The van der Waals surface area contributed by atoms with E-state index in [2.05, 4.69) is 9.80 Å². The van der Waals surface area contributed by atoms with E-state index in [1.54, 1.807) is 12.1 Å². The SMILES string of the molecule is O[C@H](COC(c1ccc(Cl)cc1)c1ccc(Cl)cc1)CN1CCN(c2ccc(F)cc2)CC1. The molecule has 7 heteroatoms. The fourth-order valence-corrected chi connectivity index (χ4v) is 4.31. The smallest absolute Gasteiger partial charge is 0.123 e. The van der Waals surface area contributed by atoms with Gasteiger partial charge in [0.1, 0.15) is 11.9 Å². The van der Waals surface area contributed by atoms with Crippen molar-refractivity contribution in [1.82, 2.24) is 4.90 Å². The second-order valence-corrected chi connectivity index (χ2v) is 9.11. The van der Waals surface area contributed by atoms with Gasteiger partial charge in [0.25, 0.3) is 0 Å². The predicted octanol–water partition coefficient (Wildman–Crippen LogP) is 5.42. The summed E-state index contributed by atoms with van der Waals surface area (Å²) in [5.74, 6) is -0.226. The molecule has 3 aromatic rings. The largest absolute Gasteiger partial charge is 0.389 e. The third kappa shape index (κ3) is 6.69. The Morgan fingerprint density at radius 3 is 1.82 bits per heavy atom. The van der Waals surface area contributed by atoms with E-state index in [4.69, 9.17) is 27.9 Å². The number of hydrogen-bond acceptors (Lipinski definition) is 4. The van der Waals surface area contributed by atoms with Crippen molar-refractivity contribution in [3.8, 4) is 0 Å². The van der Waals surface area contributed by atoms with E-state index in [1.165, 1.54) is 12.1 Å². The fourth-order valence-electron chi connectivity index (χ4n) is 4.06. The zero-order chi connectivity index (χ0) is 23.2. The van der Waals surface area contributed by atoms with Gasteiger partial charge in [0.05, 0.1) is 12.7 Å². The maximum Gasteiger partial charge on any atom is 0.123 e. The summed E-state index contributed by atoms with van der Waals surface area (Å²) in [5.41, 5.74) is 2.94. The van der Waals surface area contributed by atoms with Crippen molar-refractivity contribution in [2.24, 2.45) is 0 Å². The van der Waals surface area contributed by atoms with Gasteiger partial charge in [-0.1, -0.05) is 47.5 Å². The van der Waals surface area contributed by atoms with E-state index in [0.717, 1.165) is 43.0 Å². The molecule has 0 radical (unpaired) electrons. The molecule has 0 unspecified atom stereocenters. The number of aliphatic hydroxyl groups excluding tert-OH is 1. The highest BCUT2D eigenvalue weighted by atomic mass is 35.5. The first-order valence-corrected chi connectivity index (χ1v) is 11.8. The Labute approximate surface area is 204 Å². The minimum Gasteiger partial charge on any atom is -0.389 e. The summed E-state index contributed by atoms with van der Waals surface area (Å²) < 4.78 is 19.4. The lowest BCUT2D eigenvalue weighted by Gasteiger charge is -2.37. The highest BCUT2D eigenvalue weighted by Crippen LogP contribution is 2.28. The van der Waals surface area contributed by atoms with Crippen molar-refractivity contribution >= 4 is 28.9 Å². The number of nitrogens with zero attached hydrogens (tertiary/aromatic N) is 2. The standard InChI is InChI=1S/C26H27Cl2FN2O2/c27-21-5-1-19(2-6-21)26(20-3-7-22(28)8-4-20)33-18-25(32)17-30-13-15-31(16-14-30)24-11-9-23(29)10-12-24/h1-12,25-26,32H,13-18H2/t25-/m0/s1. The Bertz CT molecular complexity index is 962. The molecule has 0 bridgehead atoms. The Balaban J connectivity index is 1.32. The number of anilines is 1. The van der Waals surface area contributed by atoms with E-state index in [1.807, 2.05) is 48.5 Å². The number of piperazine rings is 1. The minimum absolute atomic E-state index is 0.202. The second kappa shape index (κ2) is 11.3. The molecule has 1 fully saturated rings. The molecule has 174 valence electrons. The zero-order valence-electron chi connectivity index (χ0n) is 18.2. The topological polar surface area (TPSA) is 35.9 Å². The predicted molar refractivity (Wildman–Crippen MR) is 132 cm³/mol. The molecule has 0 aromatic heterocycles. The van der Waals surface area contributed by atoms with E-state index in [0.29, 0.717) is 16.6 Å². The maximum atomic E-state index is 13.2. The van der Waals surface area contributed by atoms with Crippen LogP contribution in [0.25, 0.3) is 0 Å². The van der Waals surface area contributed by atoms with Crippen LogP contribution in [0.4, 0.5) is 10.1 Å². The number of β-amino-alcohol motifs (C(OH)–C–C–N with tert-alkyl or cyclic N) is 1. The number of benzene rings is 3. The summed E-state index contributed by atoms with van der Waals surface area (Å²) in [5, 5.41) is 12.0. The summed E-state index contributed by atoms with van der Waals surface area (Å²) in [6, 6.07) is 21.7. The van der Waals surface area contributed by atoms with Crippen molar-refractivity contribution in [1.29, 1.82) is 0 Å². The first kappa shape index (κ1) is 24.0. The summed E-state index contributed by atoms with van der Waals surface area (Å²) in [6.45, 7) is 4.05. The average Bonchev–Trinajstić information content (AvgIpc) is 2.82. The van der Waals surface area contributed by atoms with Crippen LogP contribution in [-0.4, -0.2) is 55.4 Å². The number of halogens is 3. The summed E-state index contributed by atoms with van der Waals surface area (Å²) in [6.07, 6.45) is -0.950. The molecule has 0 aliphatic carbocycles. The first-order valence-electron chi connectivity index (χ1n) is 11.0. The van der Waals surface area contributed by atoms with Crippen LogP contribution >= 0.6 is 23.2 Å². The molecular formula is C26H27Cl2FN2O2. The molecule has 1 heterocycles. The van der Waals surface area contributed by atoms with Gasteiger partial charge in [-0.2, -0.15) is 0 Å². The Morgan fingerprint density at radius 1 is 0.788 bits per heavy atom. The van der Waals surface area contributed by atoms with Crippen molar-refractivity contribution in [2.75, 3.05) is 44.2 Å². The van der Waals surface area contributed by atoms with Gasteiger partial charge >= 0.3 is 0 Å². The molecular weight excluding hydrogens is 462 g/mol. The average molecular weight is 489 g/mol. The van der Waals surface area contributed by atoms with Crippen LogP contribution in [-0.2, 0) is 4.74 Å². The fraction of sp³-hybridized carbons (Fsp3) is 0.308. The molecule has 1 saturated heterocycles. The van der Waals surface area contributed by atoms with Crippen LogP contribution in [0.3, 0.4) is 0 Å². The van der Waals surface area contributed by atoms with Gasteiger partial charge in [-0.05, 0) is 59.7 Å². The second-order valence-electron chi connectivity index (χ2n) is 8.23. The highest BCUT2D eigenvalue weighted by Gasteiger charge is 2.22. The molecule has 1 aliphatic heterocycles. The third-order valence-corrected chi connectivity index (χ3v) is 6.34. The monoisotopic (exact) mass is 488 g/mol. The molecule has 33 heavy (non-hydrogen) atoms. The maximum absolute atomic E-state index is 13.2. The number of hydrogen-bond donors (Lipinski definition) is 1. The van der Waals surface area contributed by atoms with E-state index < -0.39 is 6.10 Å². The lowest BCUT2D eigenvalue weighted by molar-refractivity contribution is -0.00893. The molecule has 1 aliphatic rings. The van der Waals surface area contributed by atoms with Crippen LogP contribution in [0.2, 0.25) is 10.0 Å². The summed E-state index contributed by atoms with van der Waals surface area (Å²) in [4.78, 5) is 4.46. The van der Waals surface area contributed by atoms with Gasteiger partial charge in [0.15, 0.2) is 0 Å². The van der Waals surface area contributed by atoms with Gasteiger partial charge in [0, 0.05) is 48.5 Å². The lowest BCUT2D eigenvalue weighted by atomic mass is 10.0. The number of aliphatic hydroxyl groups is 1. The Hall–Kier alpha value is -2.15. The normalized spacial score (nSPS) is 15.7. The van der Waals surface area contributed by atoms with Gasteiger partial charge in [-0.15, -0.1) is 0 Å². The van der Waals surface area contributed by atoms with Crippen molar-refractivity contribution < 1.29 is 14.2 Å². The van der Waals surface area contributed by atoms with Crippen LogP contribution in [0.1, 0.15) is 17.2 Å². The quantitative estimate of drug-likeness (QED) is 0.459. The number of rotatable bonds is 8. The van der Waals surface area contributed by atoms with E-state index >= 15 is 0 Å². The highest BCUT2D eigenvalue weighted by molar-refractivity contribution is 6.30. The van der Waals surface area contributed by atoms with Gasteiger partial charge in [0.2, 0.25) is 0 Å². The van der Waals surface area contributed by atoms with Gasteiger partial charge < -0.3 is 14.7 Å². The molecule has 0 spiro atoms. The molecule has 1 atom stereocenters. The third-order valence-electron chi connectivity index (χ3n) is 5.83. The molecule has 1 N–H and O–H groups in total. The van der Waals surface area contributed by atoms with Crippen molar-refractivity contribution in [3.05, 3.63) is 99.8 Å². The minimum atomic E-state index is -0.621. The van der Waals surface area contributed by atoms with Gasteiger partial charge in [-0.3, -0.25) is 4.90 Å². The summed E-state index contributed by atoms with van der Waals surface area (Å²) >= 11 is 12.1. The van der Waals surface area contributed by atoms with Crippen LogP contribution in [0.5, 0.6) is 0 Å². The Kier molecular flexibility index (Phi) is 8.23. The lowest BCUT2D eigenvalue weighted by Crippen LogP contribution is -2.49. The molecule has 0 amide bonds. The zero-order valence-corrected chi connectivity index (χ0v) is 19.7. The van der Waals surface area contributed by atoms with E-state index in [9.17, 15) is 9.50 Å². The Morgan fingerprint density at radius 2 is 1.30 bits per heavy atom. The van der Waals surface area contributed by atoms with E-state index in [-0.39, 0.29) is 18.5 Å². The van der Waals surface area contributed by atoms with Crippen LogP contribution in [0.15, 0.2) is 72.8 Å². The summed E-state index contributed by atoms with van der Waals surface area (Å²) in [7, 11) is 0. The van der Waals surface area contributed by atoms with Gasteiger partial charge in [-0.25, -0.2) is 4.39 Å². The molecule has 4 rings (SSSR count). The van der Waals surface area contributed by atoms with Crippen LogP contribution < -0.4 is 4.90 Å². The first-order chi connectivity index (χ1) is 16.0. The molecule has 4 nitrogen and oxygen atoms in total. The molecule has 3 aromatic carbocycles. The number of ether oxygens (including phenoxy) is 1.